The number of nitrogens with zero attached hydrogens (tertiary/aromatic N) is 1. The van der Waals surface area contributed by atoms with Crippen molar-refractivity contribution in [3.63, 3.8) is 0 Å². The first-order chi connectivity index (χ1) is 10.0. The fraction of sp³-hybridized carbons (Fsp3) is 0.316. The van der Waals surface area contributed by atoms with E-state index in [0.717, 1.165) is 17.5 Å². The van der Waals surface area contributed by atoms with Crippen molar-refractivity contribution in [3.05, 3.63) is 70.8 Å². The van der Waals surface area contributed by atoms with Crippen LogP contribution >= 0.6 is 0 Å². The van der Waals surface area contributed by atoms with Crippen LogP contribution in [-0.2, 0) is 4.79 Å². The van der Waals surface area contributed by atoms with E-state index in [1.165, 1.54) is 11.1 Å². The third kappa shape index (κ3) is 3.52. The number of amides is 1. The molecular formula is C19H23NO. The Morgan fingerprint density at radius 2 is 1.10 bits per heavy atom. The van der Waals surface area contributed by atoms with E-state index in [1.807, 2.05) is 4.90 Å². The standard InChI is InChI=1S/C19H23NO/c1-14-5-9-18(10-6-14)16(3)20(13-21)17(4)19-11-7-15(2)8-12-19/h5-13,16-17H,1-4H3/t16-,17-/m0/s1. The average Bonchev–Trinajstić information content (AvgIpc) is 2.49. The van der Waals surface area contributed by atoms with Crippen LogP contribution in [-0.4, -0.2) is 11.3 Å². The van der Waals surface area contributed by atoms with E-state index in [4.69, 9.17) is 0 Å². The average molecular weight is 281 g/mol. The Kier molecular flexibility index (Phi) is 4.79. The van der Waals surface area contributed by atoms with E-state index in [2.05, 4.69) is 76.2 Å². The molecule has 2 rings (SSSR count). The Hall–Kier alpha value is -2.09. The van der Waals surface area contributed by atoms with Crippen molar-refractivity contribution in [3.8, 4) is 0 Å². The van der Waals surface area contributed by atoms with Gasteiger partial charge < -0.3 is 4.90 Å². The smallest absolute Gasteiger partial charge is 0.210 e. The zero-order valence-corrected chi connectivity index (χ0v) is 13.2. The van der Waals surface area contributed by atoms with Gasteiger partial charge in [0.25, 0.3) is 0 Å². The summed E-state index contributed by atoms with van der Waals surface area (Å²) in [6, 6.07) is 16.8. The molecule has 0 aliphatic rings. The fourth-order valence-electron chi connectivity index (χ4n) is 2.55. The maximum Gasteiger partial charge on any atom is 0.210 e. The van der Waals surface area contributed by atoms with Gasteiger partial charge >= 0.3 is 0 Å². The molecule has 0 unspecified atom stereocenters. The number of rotatable bonds is 5. The molecule has 0 saturated heterocycles. The Morgan fingerprint density at radius 1 is 0.762 bits per heavy atom. The van der Waals surface area contributed by atoms with Gasteiger partial charge in [-0.1, -0.05) is 59.7 Å². The van der Waals surface area contributed by atoms with Crippen molar-refractivity contribution >= 4 is 6.41 Å². The molecule has 0 N–H and O–H groups in total. The van der Waals surface area contributed by atoms with E-state index >= 15 is 0 Å². The van der Waals surface area contributed by atoms with Crippen molar-refractivity contribution in [2.75, 3.05) is 0 Å². The molecular weight excluding hydrogens is 258 g/mol. The highest BCUT2D eigenvalue weighted by Gasteiger charge is 2.20. The molecule has 0 spiro atoms. The van der Waals surface area contributed by atoms with E-state index in [1.54, 1.807) is 0 Å². The molecule has 21 heavy (non-hydrogen) atoms. The van der Waals surface area contributed by atoms with Gasteiger partial charge in [0.2, 0.25) is 6.41 Å². The van der Waals surface area contributed by atoms with E-state index in [0.29, 0.717) is 0 Å². The first kappa shape index (κ1) is 15.3. The van der Waals surface area contributed by atoms with Crippen molar-refractivity contribution in [2.24, 2.45) is 0 Å². The van der Waals surface area contributed by atoms with Crippen LogP contribution in [0.2, 0.25) is 0 Å². The van der Waals surface area contributed by atoms with E-state index < -0.39 is 0 Å². The number of hydrogen-bond donors (Lipinski definition) is 0. The summed E-state index contributed by atoms with van der Waals surface area (Å²) < 4.78 is 0. The molecule has 110 valence electrons. The van der Waals surface area contributed by atoms with Gasteiger partial charge in [-0.15, -0.1) is 0 Å². The van der Waals surface area contributed by atoms with Crippen LogP contribution < -0.4 is 0 Å². The van der Waals surface area contributed by atoms with Gasteiger partial charge in [0.1, 0.15) is 0 Å². The van der Waals surface area contributed by atoms with Gasteiger partial charge in [0.15, 0.2) is 0 Å². The normalized spacial score (nSPS) is 13.5. The lowest BCUT2D eigenvalue weighted by atomic mass is 10.0. The maximum absolute atomic E-state index is 11.6. The minimum absolute atomic E-state index is 0.0550. The first-order valence-corrected chi connectivity index (χ1v) is 7.39. The Balaban J connectivity index is 2.23. The van der Waals surface area contributed by atoms with Crippen molar-refractivity contribution in [1.82, 2.24) is 4.90 Å². The van der Waals surface area contributed by atoms with E-state index in [9.17, 15) is 4.79 Å². The number of carbonyl (C=O) groups excluding carboxylic acids is 1. The molecule has 0 saturated carbocycles. The summed E-state index contributed by atoms with van der Waals surface area (Å²) in [6.45, 7) is 8.29. The lowest BCUT2D eigenvalue weighted by molar-refractivity contribution is -0.122. The molecule has 2 aromatic rings. The third-order valence-corrected chi connectivity index (χ3v) is 4.14. The SMILES string of the molecule is Cc1ccc([C@H](C)N(C=O)[C@@H](C)c2ccc(C)cc2)cc1. The van der Waals surface area contributed by atoms with Crippen LogP contribution in [0.25, 0.3) is 0 Å². The number of hydrogen-bond acceptors (Lipinski definition) is 1. The molecule has 2 heteroatoms. The number of benzene rings is 2. The van der Waals surface area contributed by atoms with Crippen LogP contribution in [0.3, 0.4) is 0 Å². The van der Waals surface area contributed by atoms with Crippen LogP contribution in [0.15, 0.2) is 48.5 Å². The highest BCUT2D eigenvalue weighted by atomic mass is 16.1. The Bertz CT molecular complexity index is 534. The predicted molar refractivity (Wildman–Crippen MR) is 87.1 cm³/mol. The van der Waals surface area contributed by atoms with Crippen LogP contribution in [0.4, 0.5) is 0 Å². The summed E-state index contributed by atoms with van der Waals surface area (Å²) in [5.41, 5.74) is 4.78. The summed E-state index contributed by atoms with van der Waals surface area (Å²) >= 11 is 0. The Labute approximate surface area is 127 Å². The number of aryl methyl sites for hydroxylation is 2. The maximum atomic E-state index is 11.6. The predicted octanol–water partition coefficient (Wildman–Crippen LogP) is 4.58. The fourth-order valence-corrected chi connectivity index (χ4v) is 2.55. The molecule has 2 aromatic carbocycles. The molecule has 0 heterocycles. The highest BCUT2D eigenvalue weighted by Crippen LogP contribution is 2.29. The van der Waals surface area contributed by atoms with Crippen LogP contribution in [0.5, 0.6) is 0 Å². The van der Waals surface area contributed by atoms with Gasteiger partial charge in [0, 0.05) is 0 Å². The van der Waals surface area contributed by atoms with Crippen LogP contribution in [0.1, 0.15) is 48.2 Å². The largest absolute Gasteiger partial charge is 0.332 e. The van der Waals surface area contributed by atoms with Crippen molar-refractivity contribution in [1.29, 1.82) is 0 Å². The highest BCUT2D eigenvalue weighted by molar-refractivity contribution is 5.50. The summed E-state index contributed by atoms with van der Waals surface area (Å²) in [6.07, 6.45) is 0.953. The zero-order valence-electron chi connectivity index (χ0n) is 13.2. The van der Waals surface area contributed by atoms with Gasteiger partial charge in [-0.3, -0.25) is 4.79 Å². The summed E-state index contributed by atoms with van der Waals surface area (Å²) in [5, 5.41) is 0. The summed E-state index contributed by atoms with van der Waals surface area (Å²) in [5.74, 6) is 0. The summed E-state index contributed by atoms with van der Waals surface area (Å²) in [7, 11) is 0. The van der Waals surface area contributed by atoms with E-state index in [-0.39, 0.29) is 12.1 Å². The van der Waals surface area contributed by atoms with Gasteiger partial charge in [-0.25, -0.2) is 0 Å². The molecule has 0 aliphatic carbocycles. The lowest BCUT2D eigenvalue weighted by Gasteiger charge is -2.32. The van der Waals surface area contributed by atoms with Gasteiger partial charge in [0.05, 0.1) is 12.1 Å². The quantitative estimate of drug-likeness (QED) is 0.734. The molecule has 2 nitrogen and oxygen atoms in total. The molecule has 0 aromatic heterocycles. The van der Waals surface area contributed by atoms with Crippen LogP contribution in [0, 0.1) is 13.8 Å². The topological polar surface area (TPSA) is 20.3 Å². The zero-order chi connectivity index (χ0) is 15.4. The summed E-state index contributed by atoms with van der Waals surface area (Å²) in [4.78, 5) is 13.5. The second-order valence-electron chi connectivity index (χ2n) is 5.73. The molecule has 0 bridgehead atoms. The molecule has 0 aliphatic heterocycles. The molecule has 0 fully saturated rings. The Morgan fingerprint density at radius 3 is 1.38 bits per heavy atom. The third-order valence-electron chi connectivity index (χ3n) is 4.14. The molecule has 1 amide bonds. The first-order valence-electron chi connectivity index (χ1n) is 7.39. The van der Waals surface area contributed by atoms with Crippen molar-refractivity contribution < 1.29 is 4.79 Å². The number of carbonyl (C=O) groups is 1. The second-order valence-corrected chi connectivity index (χ2v) is 5.73. The molecule has 2 atom stereocenters. The minimum atomic E-state index is 0.0550. The second kappa shape index (κ2) is 6.57. The minimum Gasteiger partial charge on any atom is -0.332 e. The van der Waals surface area contributed by atoms with Gasteiger partial charge in [-0.2, -0.15) is 0 Å². The van der Waals surface area contributed by atoms with Crippen molar-refractivity contribution in [2.45, 2.75) is 39.8 Å². The monoisotopic (exact) mass is 281 g/mol. The molecule has 0 radical (unpaired) electrons. The van der Waals surface area contributed by atoms with Gasteiger partial charge in [-0.05, 0) is 38.8 Å². The lowest BCUT2D eigenvalue weighted by Crippen LogP contribution is -2.28.